The fraction of sp³-hybridized carbons (Fsp3) is 0.0625. The number of nitrogens with zero attached hydrogens (tertiary/aromatic N) is 3. The Bertz CT molecular complexity index is 748. The van der Waals surface area contributed by atoms with E-state index < -0.39 is 0 Å². The first-order valence-electron chi connectivity index (χ1n) is 6.78. The highest BCUT2D eigenvalue weighted by Gasteiger charge is 2.04. The highest BCUT2D eigenvalue weighted by molar-refractivity contribution is 5.55. The Morgan fingerprint density at radius 1 is 0.955 bits per heavy atom. The maximum absolute atomic E-state index is 13.6. The van der Waals surface area contributed by atoms with Crippen molar-refractivity contribution in [2.45, 2.75) is 6.54 Å². The second kappa shape index (κ2) is 6.62. The van der Waals surface area contributed by atoms with Gasteiger partial charge in [-0.15, -0.1) is 0 Å². The Morgan fingerprint density at radius 2 is 1.77 bits per heavy atom. The third-order valence-corrected chi connectivity index (χ3v) is 3.00. The van der Waals surface area contributed by atoms with Crippen LogP contribution in [0, 0.1) is 5.82 Å². The normalized spacial score (nSPS) is 10.2. The van der Waals surface area contributed by atoms with Crippen LogP contribution < -0.4 is 10.6 Å². The summed E-state index contributed by atoms with van der Waals surface area (Å²) in [4.78, 5) is 12.4. The number of hydrogen-bond donors (Lipinski definition) is 2. The number of para-hydroxylation sites is 1. The molecular formula is C16H14FN5. The van der Waals surface area contributed by atoms with Crippen molar-refractivity contribution in [1.29, 1.82) is 0 Å². The molecule has 2 aromatic heterocycles. The van der Waals surface area contributed by atoms with E-state index in [9.17, 15) is 4.39 Å². The Hall–Kier alpha value is -3.02. The van der Waals surface area contributed by atoms with Crippen molar-refractivity contribution < 1.29 is 4.39 Å². The second-order valence-electron chi connectivity index (χ2n) is 4.58. The lowest BCUT2D eigenvalue weighted by Gasteiger charge is -2.09. The molecule has 5 nitrogen and oxygen atoms in total. The van der Waals surface area contributed by atoms with E-state index in [0.717, 1.165) is 5.56 Å². The number of anilines is 3. The second-order valence-corrected chi connectivity index (χ2v) is 4.58. The highest BCUT2D eigenvalue weighted by Crippen LogP contribution is 2.17. The number of pyridine rings is 1. The maximum Gasteiger partial charge on any atom is 0.229 e. The van der Waals surface area contributed by atoms with Gasteiger partial charge in [0.2, 0.25) is 5.95 Å². The minimum absolute atomic E-state index is 0.338. The van der Waals surface area contributed by atoms with Gasteiger partial charge in [-0.3, -0.25) is 4.98 Å². The fourth-order valence-corrected chi connectivity index (χ4v) is 1.89. The van der Waals surface area contributed by atoms with Gasteiger partial charge in [-0.25, -0.2) is 9.37 Å². The lowest BCUT2D eigenvalue weighted by atomic mass is 10.3. The van der Waals surface area contributed by atoms with Crippen molar-refractivity contribution in [3.63, 3.8) is 0 Å². The van der Waals surface area contributed by atoms with Gasteiger partial charge in [0.05, 0.1) is 5.69 Å². The number of hydrogen-bond acceptors (Lipinski definition) is 5. The monoisotopic (exact) mass is 295 g/mol. The molecule has 2 heterocycles. The van der Waals surface area contributed by atoms with Gasteiger partial charge < -0.3 is 10.6 Å². The largest absolute Gasteiger partial charge is 0.366 e. The van der Waals surface area contributed by atoms with Crippen LogP contribution in [0.5, 0.6) is 0 Å². The van der Waals surface area contributed by atoms with E-state index in [4.69, 9.17) is 0 Å². The van der Waals surface area contributed by atoms with Gasteiger partial charge in [0.25, 0.3) is 0 Å². The molecule has 3 rings (SSSR count). The van der Waals surface area contributed by atoms with Crippen molar-refractivity contribution in [2.24, 2.45) is 0 Å². The molecule has 3 aromatic rings. The van der Waals surface area contributed by atoms with E-state index in [-0.39, 0.29) is 5.82 Å². The molecule has 0 amide bonds. The van der Waals surface area contributed by atoms with Crippen molar-refractivity contribution in [1.82, 2.24) is 15.0 Å². The molecule has 0 unspecified atom stereocenters. The summed E-state index contributed by atoms with van der Waals surface area (Å²) in [6.45, 7) is 0.624. The first kappa shape index (κ1) is 13.9. The van der Waals surface area contributed by atoms with Crippen LogP contribution in [0.1, 0.15) is 5.56 Å². The fourth-order valence-electron chi connectivity index (χ4n) is 1.89. The number of halogens is 1. The Labute approximate surface area is 127 Å². The van der Waals surface area contributed by atoms with Gasteiger partial charge in [-0.05, 0) is 35.9 Å². The molecule has 0 bridgehead atoms. The molecule has 110 valence electrons. The highest BCUT2D eigenvalue weighted by atomic mass is 19.1. The molecule has 0 atom stereocenters. The minimum atomic E-state index is -0.346. The summed E-state index contributed by atoms with van der Waals surface area (Å²) in [5.41, 5.74) is 1.44. The van der Waals surface area contributed by atoms with Gasteiger partial charge >= 0.3 is 0 Å². The van der Waals surface area contributed by atoms with Gasteiger partial charge in [0, 0.05) is 25.1 Å². The lowest BCUT2D eigenvalue weighted by molar-refractivity contribution is 0.631. The number of aromatic nitrogens is 3. The van der Waals surface area contributed by atoms with Crippen LogP contribution in [0.3, 0.4) is 0 Å². The molecule has 0 spiro atoms. The van der Waals surface area contributed by atoms with Crippen LogP contribution in [0.15, 0.2) is 61.1 Å². The van der Waals surface area contributed by atoms with Crippen molar-refractivity contribution in [3.8, 4) is 0 Å². The maximum atomic E-state index is 13.6. The van der Waals surface area contributed by atoms with Gasteiger partial charge in [-0.2, -0.15) is 4.98 Å². The number of benzene rings is 1. The zero-order valence-electron chi connectivity index (χ0n) is 11.7. The molecule has 0 fully saturated rings. The summed E-state index contributed by atoms with van der Waals surface area (Å²) in [5, 5.41) is 6.05. The Balaban J connectivity index is 1.69. The number of nitrogens with one attached hydrogen (secondary N) is 2. The predicted molar refractivity (Wildman–Crippen MR) is 83.3 cm³/mol. The lowest BCUT2D eigenvalue weighted by Crippen LogP contribution is -2.04. The molecule has 22 heavy (non-hydrogen) atoms. The van der Waals surface area contributed by atoms with E-state index in [1.807, 2.05) is 12.1 Å². The average Bonchev–Trinajstić information content (AvgIpc) is 2.57. The summed E-state index contributed by atoms with van der Waals surface area (Å²) < 4.78 is 13.6. The molecule has 0 saturated heterocycles. The number of rotatable bonds is 5. The molecule has 0 radical (unpaired) electrons. The quantitative estimate of drug-likeness (QED) is 0.755. The standard InChI is InChI=1S/C16H14FN5/c17-13-3-1-2-4-14(13)21-16-19-10-7-15(22-16)20-11-12-5-8-18-9-6-12/h1-10H,11H2,(H2,19,20,21,22). The summed E-state index contributed by atoms with van der Waals surface area (Å²) in [7, 11) is 0. The van der Waals surface area contributed by atoms with Crippen LogP contribution in [0.2, 0.25) is 0 Å². The van der Waals surface area contributed by atoms with Crippen LogP contribution >= 0.6 is 0 Å². The van der Waals surface area contributed by atoms with Crippen LogP contribution in [-0.2, 0) is 6.54 Å². The van der Waals surface area contributed by atoms with E-state index >= 15 is 0 Å². The van der Waals surface area contributed by atoms with E-state index in [0.29, 0.717) is 24.0 Å². The Kier molecular flexibility index (Phi) is 4.20. The summed E-state index contributed by atoms with van der Waals surface area (Å²) >= 11 is 0. The molecule has 0 aliphatic rings. The van der Waals surface area contributed by atoms with Crippen molar-refractivity contribution >= 4 is 17.5 Å². The average molecular weight is 295 g/mol. The topological polar surface area (TPSA) is 62.7 Å². The van der Waals surface area contributed by atoms with Gasteiger partial charge in [0.1, 0.15) is 11.6 Å². The van der Waals surface area contributed by atoms with Gasteiger partial charge in [0.15, 0.2) is 0 Å². The minimum Gasteiger partial charge on any atom is -0.366 e. The summed E-state index contributed by atoms with van der Waals surface area (Å²) in [6.07, 6.45) is 5.09. The predicted octanol–water partition coefficient (Wildman–Crippen LogP) is 3.37. The molecule has 0 aliphatic heterocycles. The molecule has 2 N–H and O–H groups in total. The first-order chi connectivity index (χ1) is 10.8. The van der Waals surface area contributed by atoms with Crippen molar-refractivity contribution in [2.75, 3.05) is 10.6 Å². The van der Waals surface area contributed by atoms with E-state index in [1.54, 1.807) is 42.9 Å². The molecule has 0 saturated carbocycles. The van der Waals surface area contributed by atoms with Gasteiger partial charge in [-0.1, -0.05) is 12.1 Å². The van der Waals surface area contributed by atoms with Crippen molar-refractivity contribution in [3.05, 3.63) is 72.4 Å². The zero-order valence-corrected chi connectivity index (χ0v) is 11.7. The molecule has 0 aliphatic carbocycles. The third-order valence-electron chi connectivity index (χ3n) is 3.00. The molecule has 6 heteroatoms. The van der Waals surface area contributed by atoms with E-state index in [1.165, 1.54) is 6.07 Å². The van der Waals surface area contributed by atoms with Crippen LogP contribution in [0.25, 0.3) is 0 Å². The smallest absolute Gasteiger partial charge is 0.229 e. The van der Waals surface area contributed by atoms with Crippen LogP contribution in [0.4, 0.5) is 21.8 Å². The Morgan fingerprint density at radius 3 is 2.59 bits per heavy atom. The summed E-state index contributed by atoms with van der Waals surface area (Å²) in [5.74, 6) is 0.650. The zero-order chi connectivity index (χ0) is 15.2. The molecular weight excluding hydrogens is 281 g/mol. The van der Waals surface area contributed by atoms with E-state index in [2.05, 4.69) is 25.6 Å². The molecule has 1 aromatic carbocycles. The first-order valence-corrected chi connectivity index (χ1v) is 6.78. The SMILES string of the molecule is Fc1ccccc1Nc1nccc(NCc2ccncc2)n1. The van der Waals surface area contributed by atoms with Crippen LogP contribution in [-0.4, -0.2) is 15.0 Å². The summed E-state index contributed by atoms with van der Waals surface area (Å²) in [6, 6.07) is 12.0. The third kappa shape index (κ3) is 3.54.